The van der Waals surface area contributed by atoms with Gasteiger partial charge in [0.2, 0.25) is 0 Å². The predicted octanol–water partition coefficient (Wildman–Crippen LogP) is 5.02. The summed E-state index contributed by atoms with van der Waals surface area (Å²) in [5, 5.41) is 12.1. The first kappa shape index (κ1) is 22.7. The molecule has 0 bridgehead atoms. The lowest BCUT2D eigenvalue weighted by atomic mass is 10.0. The van der Waals surface area contributed by atoms with Gasteiger partial charge < -0.3 is 19.2 Å². The van der Waals surface area contributed by atoms with E-state index < -0.39 is 5.91 Å². The molecule has 164 valence electrons. The number of benzene rings is 2. The van der Waals surface area contributed by atoms with E-state index in [1.54, 1.807) is 37.4 Å². The first-order valence-corrected chi connectivity index (χ1v) is 10.2. The standard InChI is InChI=1S/C26H26N2O4/c1-17-10-18(2)23(19(3)11-17)16-32-24-8-7-20(13-25(24)30-4)12-21(14-27)26(29)28-15-22-6-5-9-31-22/h5-13H,15-16H2,1-4H3,(H,28,29)/b21-12+. The molecule has 0 aliphatic carbocycles. The molecule has 3 rings (SSSR count). The van der Waals surface area contributed by atoms with Crippen molar-refractivity contribution < 1.29 is 18.7 Å². The third-order valence-corrected chi connectivity index (χ3v) is 5.08. The van der Waals surface area contributed by atoms with E-state index in [2.05, 4.69) is 38.2 Å². The highest BCUT2D eigenvalue weighted by Gasteiger charge is 2.12. The second-order valence-electron chi connectivity index (χ2n) is 7.51. The summed E-state index contributed by atoms with van der Waals surface area (Å²) in [6.45, 7) is 6.85. The molecule has 0 aliphatic rings. The quantitative estimate of drug-likeness (QED) is 0.401. The normalized spacial score (nSPS) is 11.0. The Labute approximate surface area is 188 Å². The highest BCUT2D eigenvalue weighted by atomic mass is 16.5. The van der Waals surface area contributed by atoms with Crippen molar-refractivity contribution in [2.45, 2.75) is 33.9 Å². The second-order valence-corrected chi connectivity index (χ2v) is 7.51. The largest absolute Gasteiger partial charge is 0.493 e. The van der Waals surface area contributed by atoms with Crippen molar-refractivity contribution in [1.82, 2.24) is 5.32 Å². The van der Waals surface area contributed by atoms with Crippen LogP contribution in [0.1, 0.15) is 33.6 Å². The van der Waals surface area contributed by atoms with Crippen molar-refractivity contribution in [3.8, 4) is 17.6 Å². The van der Waals surface area contributed by atoms with E-state index in [1.165, 1.54) is 29.0 Å². The molecule has 0 radical (unpaired) electrons. The van der Waals surface area contributed by atoms with Crippen LogP contribution in [0.15, 0.2) is 58.7 Å². The number of aryl methyl sites for hydroxylation is 3. The van der Waals surface area contributed by atoms with Gasteiger partial charge in [-0.3, -0.25) is 4.79 Å². The Morgan fingerprint density at radius 1 is 1.12 bits per heavy atom. The van der Waals surface area contributed by atoms with Crippen LogP contribution in [0.3, 0.4) is 0 Å². The van der Waals surface area contributed by atoms with E-state index in [1.807, 2.05) is 6.07 Å². The summed E-state index contributed by atoms with van der Waals surface area (Å²) in [5.74, 6) is 1.24. The molecule has 2 aromatic carbocycles. The molecule has 0 saturated heterocycles. The van der Waals surface area contributed by atoms with Crippen molar-refractivity contribution >= 4 is 12.0 Å². The maximum Gasteiger partial charge on any atom is 0.262 e. The Hall–Kier alpha value is -3.98. The van der Waals surface area contributed by atoms with Crippen LogP contribution >= 0.6 is 0 Å². The summed E-state index contributed by atoms with van der Waals surface area (Å²) < 4.78 is 16.7. The molecule has 0 aliphatic heterocycles. The van der Waals surface area contributed by atoms with E-state index in [0.717, 1.165) is 5.56 Å². The molecular formula is C26H26N2O4. The summed E-state index contributed by atoms with van der Waals surface area (Å²) >= 11 is 0. The number of nitrogens with zero attached hydrogens (tertiary/aromatic N) is 1. The molecule has 0 saturated carbocycles. The fourth-order valence-electron chi connectivity index (χ4n) is 3.47. The van der Waals surface area contributed by atoms with Gasteiger partial charge in [0.05, 0.1) is 19.9 Å². The molecule has 1 N–H and O–H groups in total. The smallest absolute Gasteiger partial charge is 0.262 e. The van der Waals surface area contributed by atoms with Gasteiger partial charge in [-0.05, 0) is 73.4 Å². The van der Waals surface area contributed by atoms with Crippen LogP contribution in [0.2, 0.25) is 0 Å². The number of ether oxygens (including phenoxy) is 2. The van der Waals surface area contributed by atoms with Crippen LogP contribution in [-0.4, -0.2) is 13.0 Å². The van der Waals surface area contributed by atoms with Gasteiger partial charge in [0, 0.05) is 0 Å². The van der Waals surface area contributed by atoms with Crippen LogP contribution < -0.4 is 14.8 Å². The SMILES string of the molecule is COc1cc(/C=C(\C#N)C(=O)NCc2ccco2)ccc1OCc1c(C)cc(C)cc1C. The molecule has 0 spiro atoms. The Morgan fingerprint density at radius 3 is 2.50 bits per heavy atom. The summed E-state index contributed by atoms with van der Waals surface area (Å²) in [5.41, 5.74) is 5.36. The van der Waals surface area contributed by atoms with Crippen LogP contribution in [0, 0.1) is 32.1 Å². The molecule has 3 aromatic rings. The van der Waals surface area contributed by atoms with Gasteiger partial charge in [0.25, 0.3) is 5.91 Å². The first-order valence-electron chi connectivity index (χ1n) is 10.2. The van der Waals surface area contributed by atoms with Gasteiger partial charge >= 0.3 is 0 Å². The number of rotatable bonds is 8. The average molecular weight is 431 g/mol. The van der Waals surface area contributed by atoms with Crippen molar-refractivity contribution in [3.05, 3.63) is 87.9 Å². The number of nitriles is 1. The second kappa shape index (κ2) is 10.4. The van der Waals surface area contributed by atoms with E-state index in [4.69, 9.17) is 13.9 Å². The fourth-order valence-corrected chi connectivity index (χ4v) is 3.47. The zero-order chi connectivity index (χ0) is 23.1. The van der Waals surface area contributed by atoms with Crippen molar-refractivity contribution in [1.29, 1.82) is 5.26 Å². The lowest BCUT2D eigenvalue weighted by molar-refractivity contribution is -0.117. The molecular weight excluding hydrogens is 404 g/mol. The number of carbonyl (C=O) groups is 1. The molecule has 6 heteroatoms. The Balaban J connectivity index is 1.73. The highest BCUT2D eigenvalue weighted by Crippen LogP contribution is 2.30. The van der Waals surface area contributed by atoms with Crippen molar-refractivity contribution in [3.63, 3.8) is 0 Å². The van der Waals surface area contributed by atoms with Gasteiger partial charge in [-0.15, -0.1) is 0 Å². The lowest BCUT2D eigenvalue weighted by Gasteiger charge is -2.15. The number of hydrogen-bond acceptors (Lipinski definition) is 5. The van der Waals surface area contributed by atoms with E-state index in [-0.39, 0.29) is 12.1 Å². The molecule has 0 fully saturated rings. The number of methoxy groups -OCH3 is 1. The van der Waals surface area contributed by atoms with Gasteiger partial charge in [-0.25, -0.2) is 0 Å². The molecule has 1 amide bonds. The number of furan rings is 1. The summed E-state index contributed by atoms with van der Waals surface area (Å²) in [7, 11) is 1.55. The molecule has 0 unspecified atom stereocenters. The first-order chi connectivity index (χ1) is 15.4. The number of carbonyl (C=O) groups excluding carboxylic acids is 1. The van der Waals surface area contributed by atoms with Gasteiger partial charge in [0.15, 0.2) is 11.5 Å². The van der Waals surface area contributed by atoms with Crippen LogP contribution in [0.4, 0.5) is 0 Å². The molecule has 6 nitrogen and oxygen atoms in total. The highest BCUT2D eigenvalue weighted by molar-refractivity contribution is 6.01. The van der Waals surface area contributed by atoms with E-state index in [9.17, 15) is 10.1 Å². The fraction of sp³-hybridized carbons (Fsp3) is 0.231. The maximum atomic E-state index is 12.3. The van der Waals surface area contributed by atoms with Gasteiger partial charge in [-0.1, -0.05) is 23.8 Å². The summed E-state index contributed by atoms with van der Waals surface area (Å²) in [6, 6.07) is 15.0. The molecule has 32 heavy (non-hydrogen) atoms. The third kappa shape index (κ3) is 5.58. The Kier molecular flexibility index (Phi) is 7.35. The Morgan fingerprint density at radius 2 is 1.88 bits per heavy atom. The summed E-state index contributed by atoms with van der Waals surface area (Å²) in [6.07, 6.45) is 3.04. The number of amides is 1. The van der Waals surface area contributed by atoms with Gasteiger partial charge in [-0.2, -0.15) is 5.26 Å². The Bertz CT molecular complexity index is 1150. The van der Waals surface area contributed by atoms with Crippen molar-refractivity contribution in [2.24, 2.45) is 0 Å². The van der Waals surface area contributed by atoms with Crippen molar-refractivity contribution in [2.75, 3.05) is 7.11 Å². The lowest BCUT2D eigenvalue weighted by Crippen LogP contribution is -2.23. The predicted molar refractivity (Wildman–Crippen MR) is 122 cm³/mol. The topological polar surface area (TPSA) is 84.5 Å². The summed E-state index contributed by atoms with van der Waals surface area (Å²) in [4.78, 5) is 12.3. The van der Waals surface area contributed by atoms with Crippen LogP contribution in [0.25, 0.3) is 6.08 Å². The van der Waals surface area contributed by atoms with Crippen LogP contribution in [-0.2, 0) is 17.9 Å². The minimum Gasteiger partial charge on any atom is -0.493 e. The van der Waals surface area contributed by atoms with Crippen LogP contribution in [0.5, 0.6) is 11.5 Å². The zero-order valence-electron chi connectivity index (χ0n) is 18.7. The minimum absolute atomic E-state index is 0.0156. The molecule has 1 heterocycles. The molecule has 0 atom stereocenters. The monoisotopic (exact) mass is 430 g/mol. The minimum atomic E-state index is -0.478. The van der Waals surface area contributed by atoms with Gasteiger partial charge in [0.1, 0.15) is 24.0 Å². The zero-order valence-corrected chi connectivity index (χ0v) is 18.7. The number of nitrogens with one attached hydrogen (secondary N) is 1. The maximum absolute atomic E-state index is 12.3. The molecule has 1 aromatic heterocycles. The van der Waals surface area contributed by atoms with E-state index >= 15 is 0 Å². The average Bonchev–Trinajstić information content (AvgIpc) is 3.29. The third-order valence-electron chi connectivity index (χ3n) is 5.08. The number of hydrogen-bond donors (Lipinski definition) is 1. The van der Waals surface area contributed by atoms with E-state index in [0.29, 0.717) is 29.4 Å².